The molecule has 25 heavy (non-hydrogen) atoms. The van der Waals surface area contributed by atoms with E-state index < -0.39 is 17.9 Å². The maximum atomic E-state index is 12.1. The molecule has 1 unspecified atom stereocenters. The highest BCUT2D eigenvalue weighted by molar-refractivity contribution is 9.10. The molecule has 0 bridgehead atoms. The first kappa shape index (κ1) is 19.0. The van der Waals surface area contributed by atoms with Gasteiger partial charge in [0.2, 0.25) is 0 Å². The van der Waals surface area contributed by atoms with Crippen LogP contribution < -0.4 is 10.1 Å². The Morgan fingerprint density at radius 2 is 1.76 bits per heavy atom. The fourth-order valence-corrected chi connectivity index (χ4v) is 3.24. The number of carboxylic acids is 1. The van der Waals surface area contributed by atoms with Gasteiger partial charge in [0.1, 0.15) is 11.8 Å². The second kappa shape index (κ2) is 8.67. The Labute approximate surface area is 155 Å². The van der Waals surface area contributed by atoms with Crippen LogP contribution in [0.5, 0.6) is 5.75 Å². The normalized spacial score (nSPS) is 11.6. The molecule has 0 saturated carbocycles. The number of amides is 1. The van der Waals surface area contributed by atoms with Crippen molar-refractivity contribution in [1.82, 2.24) is 5.32 Å². The predicted octanol–water partition coefficient (Wildman–Crippen LogP) is 3.26. The minimum absolute atomic E-state index is 0.220. The van der Waals surface area contributed by atoms with E-state index in [1.807, 2.05) is 56.3 Å². The van der Waals surface area contributed by atoms with E-state index in [0.717, 1.165) is 21.2 Å². The lowest BCUT2D eigenvalue weighted by Crippen LogP contribution is -2.44. The van der Waals surface area contributed by atoms with Crippen molar-refractivity contribution < 1.29 is 19.4 Å². The largest absolute Gasteiger partial charge is 0.483 e. The predicted molar refractivity (Wildman–Crippen MR) is 98.8 cm³/mol. The number of benzene rings is 2. The molecule has 2 aromatic rings. The Morgan fingerprint density at radius 1 is 1.16 bits per heavy atom. The number of carboxylic acid groups (broad SMARTS) is 1. The highest BCUT2D eigenvalue weighted by atomic mass is 79.9. The van der Waals surface area contributed by atoms with Crippen LogP contribution in [0.3, 0.4) is 0 Å². The summed E-state index contributed by atoms with van der Waals surface area (Å²) in [6.07, 6.45) is 0.220. The zero-order valence-electron chi connectivity index (χ0n) is 14.1. The van der Waals surface area contributed by atoms with Gasteiger partial charge in [0.25, 0.3) is 5.91 Å². The summed E-state index contributed by atoms with van der Waals surface area (Å²) in [6.45, 7) is 3.54. The number of nitrogens with one attached hydrogen (secondary N) is 1. The molecule has 0 fully saturated rings. The summed E-state index contributed by atoms with van der Waals surface area (Å²) in [5, 5.41) is 11.8. The van der Waals surface area contributed by atoms with Crippen LogP contribution in [-0.4, -0.2) is 29.6 Å². The second-order valence-corrected chi connectivity index (χ2v) is 6.72. The van der Waals surface area contributed by atoms with E-state index in [4.69, 9.17) is 4.74 Å². The molecule has 0 aliphatic carbocycles. The molecule has 0 saturated heterocycles. The first-order chi connectivity index (χ1) is 11.9. The maximum Gasteiger partial charge on any atom is 0.326 e. The average Bonchev–Trinajstić information content (AvgIpc) is 2.54. The lowest BCUT2D eigenvalue weighted by Gasteiger charge is -2.16. The number of aryl methyl sites for hydroxylation is 2. The third-order valence-corrected chi connectivity index (χ3v) is 4.15. The van der Waals surface area contributed by atoms with Crippen molar-refractivity contribution in [2.24, 2.45) is 0 Å². The Morgan fingerprint density at radius 3 is 2.32 bits per heavy atom. The van der Waals surface area contributed by atoms with Crippen molar-refractivity contribution in [2.45, 2.75) is 26.3 Å². The van der Waals surface area contributed by atoms with Crippen LogP contribution in [0.4, 0.5) is 0 Å². The molecule has 1 amide bonds. The molecule has 2 N–H and O–H groups in total. The third kappa shape index (κ3) is 5.60. The average molecular weight is 406 g/mol. The summed E-state index contributed by atoms with van der Waals surface area (Å²) in [7, 11) is 0. The number of ether oxygens (including phenoxy) is 1. The van der Waals surface area contributed by atoms with Gasteiger partial charge in [-0.1, -0.05) is 46.3 Å². The van der Waals surface area contributed by atoms with E-state index in [1.165, 1.54) is 0 Å². The Bertz CT molecular complexity index is 738. The van der Waals surface area contributed by atoms with Gasteiger partial charge in [-0.3, -0.25) is 4.79 Å². The summed E-state index contributed by atoms with van der Waals surface area (Å²) < 4.78 is 6.53. The van der Waals surface area contributed by atoms with Crippen LogP contribution in [0.25, 0.3) is 0 Å². The molecule has 0 spiro atoms. The van der Waals surface area contributed by atoms with Crippen molar-refractivity contribution in [3.63, 3.8) is 0 Å². The first-order valence-electron chi connectivity index (χ1n) is 7.82. The van der Waals surface area contributed by atoms with Gasteiger partial charge in [-0.25, -0.2) is 4.79 Å². The van der Waals surface area contributed by atoms with Crippen LogP contribution in [-0.2, 0) is 16.0 Å². The number of aliphatic carboxylic acids is 1. The lowest BCUT2D eigenvalue weighted by molar-refractivity contribution is -0.142. The van der Waals surface area contributed by atoms with Gasteiger partial charge in [-0.05, 0) is 42.7 Å². The van der Waals surface area contributed by atoms with Gasteiger partial charge >= 0.3 is 5.97 Å². The zero-order valence-corrected chi connectivity index (χ0v) is 15.7. The molecule has 132 valence electrons. The van der Waals surface area contributed by atoms with Gasteiger partial charge in [0, 0.05) is 10.9 Å². The van der Waals surface area contributed by atoms with Crippen molar-refractivity contribution in [2.75, 3.05) is 6.61 Å². The van der Waals surface area contributed by atoms with Crippen molar-refractivity contribution in [3.8, 4) is 5.75 Å². The summed E-state index contributed by atoms with van der Waals surface area (Å²) in [4.78, 5) is 23.5. The first-order valence-corrected chi connectivity index (χ1v) is 8.61. The minimum atomic E-state index is -1.08. The highest BCUT2D eigenvalue weighted by Gasteiger charge is 2.21. The van der Waals surface area contributed by atoms with Crippen LogP contribution in [0.15, 0.2) is 46.9 Å². The fourth-order valence-electron chi connectivity index (χ4n) is 2.55. The summed E-state index contributed by atoms with van der Waals surface area (Å²) in [5.74, 6) is -0.911. The van der Waals surface area contributed by atoms with Crippen molar-refractivity contribution >= 4 is 27.8 Å². The zero-order chi connectivity index (χ0) is 18.4. The summed E-state index contributed by atoms with van der Waals surface area (Å²) >= 11 is 3.41. The van der Waals surface area contributed by atoms with E-state index in [0.29, 0.717) is 5.75 Å². The number of hydrogen-bond acceptors (Lipinski definition) is 3. The van der Waals surface area contributed by atoms with Crippen LogP contribution in [0.1, 0.15) is 16.7 Å². The molecule has 0 heterocycles. The van der Waals surface area contributed by atoms with E-state index in [2.05, 4.69) is 21.2 Å². The topological polar surface area (TPSA) is 75.6 Å². The van der Waals surface area contributed by atoms with Crippen LogP contribution >= 0.6 is 15.9 Å². The lowest BCUT2D eigenvalue weighted by atomic mass is 10.1. The second-order valence-electron chi connectivity index (χ2n) is 5.81. The number of hydrogen-bond donors (Lipinski definition) is 2. The van der Waals surface area contributed by atoms with Gasteiger partial charge in [-0.2, -0.15) is 0 Å². The molecule has 1 atom stereocenters. The summed E-state index contributed by atoms with van der Waals surface area (Å²) in [5.41, 5.74) is 2.65. The van der Waals surface area contributed by atoms with Crippen LogP contribution in [0.2, 0.25) is 0 Å². The molecular formula is C19H20BrNO4. The Hall–Kier alpha value is -2.34. The summed E-state index contributed by atoms with van der Waals surface area (Å²) in [6, 6.07) is 12.0. The van der Waals surface area contributed by atoms with Crippen molar-refractivity contribution in [1.29, 1.82) is 0 Å². The van der Waals surface area contributed by atoms with Gasteiger partial charge in [0.15, 0.2) is 6.61 Å². The molecule has 5 nitrogen and oxygen atoms in total. The molecular weight excluding hydrogens is 386 g/mol. The van der Waals surface area contributed by atoms with E-state index in [1.54, 1.807) is 0 Å². The van der Waals surface area contributed by atoms with E-state index in [-0.39, 0.29) is 13.0 Å². The molecule has 6 heteroatoms. The van der Waals surface area contributed by atoms with Crippen LogP contribution in [0, 0.1) is 13.8 Å². The van der Waals surface area contributed by atoms with Crippen molar-refractivity contribution in [3.05, 3.63) is 63.6 Å². The quantitative estimate of drug-likeness (QED) is 0.740. The number of rotatable bonds is 7. The fraction of sp³-hybridized carbons (Fsp3) is 0.263. The molecule has 0 radical (unpaired) electrons. The molecule has 0 aromatic heterocycles. The number of carbonyl (C=O) groups is 2. The van der Waals surface area contributed by atoms with E-state index in [9.17, 15) is 14.7 Å². The Kier molecular flexibility index (Phi) is 6.58. The van der Waals surface area contributed by atoms with Gasteiger partial charge < -0.3 is 15.2 Å². The molecule has 2 rings (SSSR count). The molecule has 0 aliphatic heterocycles. The number of carbonyl (C=O) groups excluding carboxylic acids is 1. The Balaban J connectivity index is 1.97. The number of halogens is 1. The smallest absolute Gasteiger partial charge is 0.326 e. The van der Waals surface area contributed by atoms with Gasteiger partial charge in [0.05, 0.1) is 0 Å². The standard InChI is InChI=1S/C19H20BrNO4/c1-12-8-15(20)9-13(2)18(12)25-11-17(22)21-16(19(23)24)10-14-6-4-3-5-7-14/h3-9,16H,10-11H2,1-2H3,(H,21,22)(H,23,24). The molecule has 2 aromatic carbocycles. The van der Waals surface area contributed by atoms with E-state index >= 15 is 0 Å². The van der Waals surface area contributed by atoms with Gasteiger partial charge in [-0.15, -0.1) is 0 Å². The minimum Gasteiger partial charge on any atom is -0.483 e. The highest BCUT2D eigenvalue weighted by Crippen LogP contribution is 2.27. The monoisotopic (exact) mass is 405 g/mol. The SMILES string of the molecule is Cc1cc(Br)cc(C)c1OCC(=O)NC(Cc1ccccc1)C(=O)O. The maximum absolute atomic E-state index is 12.1. The molecule has 0 aliphatic rings. The third-order valence-electron chi connectivity index (χ3n) is 3.69.